The summed E-state index contributed by atoms with van der Waals surface area (Å²) in [4.78, 5) is 0. The van der Waals surface area contributed by atoms with Crippen LogP contribution < -0.4 is 10.5 Å². The fourth-order valence-corrected chi connectivity index (χ4v) is 2.17. The standard InChI is InChI=1S/C16H18ClNO/c1-11-6-7-13(8-12(11)2)10-19-16-14(9-18)4-3-5-15(16)17/h3-8H,9-10,18H2,1-2H3. The summed E-state index contributed by atoms with van der Waals surface area (Å²) in [7, 11) is 0. The maximum absolute atomic E-state index is 6.15. The first-order valence-corrected chi connectivity index (χ1v) is 6.66. The molecule has 2 rings (SSSR count). The summed E-state index contributed by atoms with van der Waals surface area (Å²) in [6.45, 7) is 5.11. The zero-order valence-electron chi connectivity index (χ0n) is 11.2. The number of aryl methyl sites for hydroxylation is 2. The molecule has 0 aliphatic carbocycles. The molecule has 2 aromatic rings. The van der Waals surface area contributed by atoms with Crippen molar-refractivity contribution in [2.24, 2.45) is 5.73 Å². The van der Waals surface area contributed by atoms with Crippen LogP contribution >= 0.6 is 11.6 Å². The predicted octanol–water partition coefficient (Wildman–Crippen LogP) is 3.99. The number of rotatable bonds is 4. The molecule has 19 heavy (non-hydrogen) atoms. The number of hydrogen-bond acceptors (Lipinski definition) is 2. The zero-order valence-corrected chi connectivity index (χ0v) is 12.0. The van der Waals surface area contributed by atoms with Gasteiger partial charge < -0.3 is 10.5 Å². The number of nitrogens with two attached hydrogens (primary N) is 1. The summed E-state index contributed by atoms with van der Waals surface area (Å²) in [6.07, 6.45) is 0. The van der Waals surface area contributed by atoms with Crippen LogP contribution in [0.4, 0.5) is 0 Å². The van der Waals surface area contributed by atoms with Gasteiger partial charge in [0.2, 0.25) is 0 Å². The Morgan fingerprint density at radius 1 is 1.11 bits per heavy atom. The predicted molar refractivity (Wildman–Crippen MR) is 79.6 cm³/mol. The van der Waals surface area contributed by atoms with Gasteiger partial charge in [0, 0.05) is 12.1 Å². The highest BCUT2D eigenvalue weighted by Crippen LogP contribution is 2.29. The van der Waals surface area contributed by atoms with Crippen molar-refractivity contribution >= 4 is 11.6 Å². The van der Waals surface area contributed by atoms with Gasteiger partial charge in [0.25, 0.3) is 0 Å². The lowest BCUT2D eigenvalue weighted by Crippen LogP contribution is -2.03. The minimum atomic E-state index is 0.419. The fraction of sp³-hybridized carbons (Fsp3) is 0.250. The molecule has 2 aromatic carbocycles. The molecule has 0 aliphatic heterocycles. The SMILES string of the molecule is Cc1ccc(COc2c(Cl)cccc2CN)cc1C. The molecule has 0 spiro atoms. The van der Waals surface area contributed by atoms with E-state index in [0.29, 0.717) is 23.9 Å². The third kappa shape index (κ3) is 3.28. The van der Waals surface area contributed by atoms with E-state index >= 15 is 0 Å². The van der Waals surface area contributed by atoms with Crippen molar-refractivity contribution < 1.29 is 4.74 Å². The van der Waals surface area contributed by atoms with Crippen molar-refractivity contribution in [1.29, 1.82) is 0 Å². The average molecular weight is 276 g/mol. The second-order valence-corrected chi connectivity index (χ2v) is 5.05. The second kappa shape index (κ2) is 6.09. The van der Waals surface area contributed by atoms with Gasteiger partial charge in [-0.15, -0.1) is 0 Å². The average Bonchev–Trinajstić information content (AvgIpc) is 2.41. The topological polar surface area (TPSA) is 35.2 Å². The molecule has 0 aromatic heterocycles. The summed E-state index contributed by atoms with van der Waals surface area (Å²) in [5, 5.41) is 0.604. The monoisotopic (exact) mass is 275 g/mol. The summed E-state index contributed by atoms with van der Waals surface area (Å²) in [5.74, 6) is 0.685. The van der Waals surface area contributed by atoms with Crippen LogP contribution in [-0.2, 0) is 13.2 Å². The van der Waals surface area contributed by atoms with Gasteiger partial charge in [-0.05, 0) is 36.6 Å². The summed E-state index contributed by atoms with van der Waals surface area (Å²) in [5.41, 5.74) is 10.3. The van der Waals surface area contributed by atoms with Crippen LogP contribution in [0, 0.1) is 13.8 Å². The van der Waals surface area contributed by atoms with Crippen LogP contribution in [0.3, 0.4) is 0 Å². The molecule has 3 heteroatoms. The van der Waals surface area contributed by atoms with Gasteiger partial charge in [0.15, 0.2) is 0 Å². The van der Waals surface area contributed by atoms with E-state index in [1.807, 2.05) is 18.2 Å². The fourth-order valence-electron chi connectivity index (χ4n) is 1.92. The van der Waals surface area contributed by atoms with E-state index in [4.69, 9.17) is 22.1 Å². The number of ether oxygens (including phenoxy) is 1. The Morgan fingerprint density at radius 2 is 1.89 bits per heavy atom. The highest BCUT2D eigenvalue weighted by atomic mass is 35.5. The highest BCUT2D eigenvalue weighted by molar-refractivity contribution is 6.32. The normalized spacial score (nSPS) is 10.5. The van der Waals surface area contributed by atoms with Crippen LogP contribution in [0.15, 0.2) is 36.4 Å². The first-order valence-electron chi connectivity index (χ1n) is 6.28. The van der Waals surface area contributed by atoms with Crippen molar-refractivity contribution in [2.45, 2.75) is 27.0 Å². The second-order valence-electron chi connectivity index (χ2n) is 4.64. The molecule has 0 unspecified atom stereocenters. The first kappa shape index (κ1) is 13.9. The van der Waals surface area contributed by atoms with Gasteiger partial charge in [-0.25, -0.2) is 0 Å². The van der Waals surface area contributed by atoms with Crippen molar-refractivity contribution in [2.75, 3.05) is 0 Å². The molecule has 100 valence electrons. The summed E-state index contributed by atoms with van der Waals surface area (Å²) >= 11 is 6.15. The largest absolute Gasteiger partial charge is 0.487 e. The third-order valence-corrected chi connectivity index (χ3v) is 3.52. The van der Waals surface area contributed by atoms with E-state index in [0.717, 1.165) is 11.1 Å². The van der Waals surface area contributed by atoms with Crippen molar-refractivity contribution in [3.8, 4) is 5.75 Å². The van der Waals surface area contributed by atoms with Crippen LogP contribution in [0.5, 0.6) is 5.75 Å². The molecule has 0 aliphatic rings. The molecule has 0 amide bonds. The van der Waals surface area contributed by atoms with E-state index in [9.17, 15) is 0 Å². The van der Waals surface area contributed by atoms with Crippen LogP contribution in [-0.4, -0.2) is 0 Å². The molecular weight excluding hydrogens is 258 g/mol. The molecule has 0 fully saturated rings. The van der Waals surface area contributed by atoms with Crippen molar-refractivity contribution in [1.82, 2.24) is 0 Å². The van der Waals surface area contributed by atoms with Crippen LogP contribution in [0.1, 0.15) is 22.3 Å². The molecule has 0 saturated carbocycles. The van der Waals surface area contributed by atoms with Crippen LogP contribution in [0.25, 0.3) is 0 Å². The zero-order chi connectivity index (χ0) is 13.8. The van der Waals surface area contributed by atoms with Gasteiger partial charge in [-0.2, -0.15) is 0 Å². The lowest BCUT2D eigenvalue weighted by atomic mass is 10.1. The minimum absolute atomic E-state index is 0.419. The van der Waals surface area contributed by atoms with E-state index in [-0.39, 0.29) is 0 Å². The van der Waals surface area contributed by atoms with E-state index in [1.54, 1.807) is 0 Å². The Labute approximate surface area is 119 Å². The Balaban J connectivity index is 2.16. The molecule has 2 nitrogen and oxygen atoms in total. The van der Waals surface area contributed by atoms with E-state index < -0.39 is 0 Å². The van der Waals surface area contributed by atoms with Gasteiger partial charge in [-0.1, -0.05) is 41.9 Å². The lowest BCUT2D eigenvalue weighted by molar-refractivity contribution is 0.303. The number of halogens is 1. The Morgan fingerprint density at radius 3 is 2.58 bits per heavy atom. The van der Waals surface area contributed by atoms with E-state index in [2.05, 4.69) is 32.0 Å². The van der Waals surface area contributed by atoms with Gasteiger partial charge in [-0.3, -0.25) is 0 Å². The molecule has 0 saturated heterocycles. The quantitative estimate of drug-likeness (QED) is 0.915. The molecular formula is C16H18ClNO. The minimum Gasteiger partial charge on any atom is -0.487 e. The molecule has 0 bridgehead atoms. The van der Waals surface area contributed by atoms with Gasteiger partial charge in [0.05, 0.1) is 5.02 Å². The molecule has 0 atom stereocenters. The summed E-state index contributed by atoms with van der Waals surface area (Å²) < 4.78 is 5.83. The number of hydrogen-bond donors (Lipinski definition) is 1. The van der Waals surface area contributed by atoms with Crippen molar-refractivity contribution in [3.63, 3.8) is 0 Å². The Hall–Kier alpha value is -1.51. The highest BCUT2D eigenvalue weighted by Gasteiger charge is 2.07. The van der Waals surface area contributed by atoms with Crippen molar-refractivity contribution in [3.05, 3.63) is 63.7 Å². The number of benzene rings is 2. The van der Waals surface area contributed by atoms with Gasteiger partial charge in [0.1, 0.15) is 12.4 Å². The molecule has 0 radical (unpaired) electrons. The first-order chi connectivity index (χ1) is 9.11. The van der Waals surface area contributed by atoms with Crippen LogP contribution in [0.2, 0.25) is 5.02 Å². The van der Waals surface area contributed by atoms with E-state index in [1.165, 1.54) is 11.1 Å². The Bertz CT molecular complexity index is 581. The van der Waals surface area contributed by atoms with Gasteiger partial charge >= 0.3 is 0 Å². The third-order valence-electron chi connectivity index (χ3n) is 3.22. The maximum atomic E-state index is 6.15. The summed E-state index contributed by atoms with van der Waals surface area (Å²) in [6, 6.07) is 11.9. The smallest absolute Gasteiger partial charge is 0.142 e. The number of para-hydroxylation sites is 1. The Kier molecular flexibility index (Phi) is 4.46. The molecule has 2 N–H and O–H groups in total. The lowest BCUT2D eigenvalue weighted by Gasteiger charge is -2.13. The maximum Gasteiger partial charge on any atom is 0.142 e. The molecule has 0 heterocycles.